The third kappa shape index (κ3) is 3.91. The molecule has 1 spiro atoms. The van der Waals surface area contributed by atoms with Crippen LogP contribution in [-0.2, 0) is 14.3 Å². The summed E-state index contributed by atoms with van der Waals surface area (Å²) >= 11 is 3.92. The van der Waals surface area contributed by atoms with Crippen LogP contribution in [0.4, 0.5) is 0 Å². The summed E-state index contributed by atoms with van der Waals surface area (Å²) in [5, 5.41) is 0.919. The van der Waals surface area contributed by atoms with E-state index in [9.17, 15) is 4.79 Å². The van der Waals surface area contributed by atoms with Gasteiger partial charge in [0.1, 0.15) is 17.3 Å². The van der Waals surface area contributed by atoms with Gasteiger partial charge in [0, 0.05) is 24.1 Å². The molecule has 36 heavy (non-hydrogen) atoms. The van der Waals surface area contributed by atoms with E-state index >= 15 is 0 Å². The van der Waals surface area contributed by atoms with Crippen LogP contribution in [0.5, 0.6) is 0 Å². The third-order valence-corrected chi connectivity index (χ3v) is 14.0. The van der Waals surface area contributed by atoms with Crippen LogP contribution in [0.3, 0.4) is 0 Å². The molecule has 0 radical (unpaired) electrons. The molecular formula is C32H53BrO3. The Hall–Kier alpha value is -0.0900. The zero-order valence-corrected chi connectivity index (χ0v) is 25.8. The number of hydrogen-bond acceptors (Lipinski definition) is 3. The average molecular weight is 566 g/mol. The molecule has 5 rings (SSSR count). The van der Waals surface area contributed by atoms with Crippen LogP contribution in [0.2, 0.25) is 0 Å². The van der Waals surface area contributed by atoms with Gasteiger partial charge in [-0.05, 0) is 98.2 Å². The molecule has 1 heterocycles. The Labute approximate surface area is 229 Å². The summed E-state index contributed by atoms with van der Waals surface area (Å²) in [7, 11) is 0. The van der Waals surface area contributed by atoms with Crippen molar-refractivity contribution in [1.29, 1.82) is 0 Å². The van der Waals surface area contributed by atoms with Crippen molar-refractivity contribution in [2.45, 2.75) is 136 Å². The van der Waals surface area contributed by atoms with E-state index in [4.69, 9.17) is 9.47 Å². The van der Waals surface area contributed by atoms with Gasteiger partial charge in [-0.2, -0.15) is 0 Å². The van der Waals surface area contributed by atoms with Gasteiger partial charge in [-0.1, -0.05) is 70.3 Å². The van der Waals surface area contributed by atoms with E-state index in [1.54, 1.807) is 6.92 Å². The second-order valence-corrected chi connectivity index (χ2v) is 15.3. The fourth-order valence-electron chi connectivity index (χ4n) is 11.1. The predicted octanol–water partition coefficient (Wildman–Crippen LogP) is 8.57. The maximum absolute atomic E-state index is 11.8. The molecule has 0 aromatic rings. The summed E-state index contributed by atoms with van der Waals surface area (Å²) in [6.45, 7) is 16.6. The number of alkyl halides is 1. The molecule has 1 aliphatic heterocycles. The highest BCUT2D eigenvalue weighted by Gasteiger charge is 2.83. The molecule has 0 amide bonds. The van der Waals surface area contributed by atoms with E-state index in [1.165, 1.54) is 51.4 Å². The fourth-order valence-corrected chi connectivity index (χ4v) is 11.9. The van der Waals surface area contributed by atoms with Gasteiger partial charge in [0.05, 0.1) is 0 Å². The van der Waals surface area contributed by atoms with Gasteiger partial charge in [-0.25, -0.2) is 0 Å². The van der Waals surface area contributed by atoms with E-state index in [2.05, 4.69) is 57.5 Å². The summed E-state index contributed by atoms with van der Waals surface area (Å²) in [5.41, 5.74) is 0.536. The molecule has 0 N–H and O–H groups in total. The van der Waals surface area contributed by atoms with E-state index in [-0.39, 0.29) is 28.7 Å². The normalized spacial score (nSPS) is 48.9. The first-order valence-electron chi connectivity index (χ1n) is 15.4. The minimum absolute atomic E-state index is 0.0244. The Morgan fingerprint density at radius 3 is 2.42 bits per heavy atom. The van der Waals surface area contributed by atoms with Crippen LogP contribution in [0.25, 0.3) is 0 Å². The molecule has 5 fully saturated rings. The van der Waals surface area contributed by atoms with E-state index in [1.807, 2.05) is 0 Å². The smallest absolute Gasteiger partial charge is 0.302 e. The fraction of sp³-hybridized carbons (Fsp3) is 0.969. The van der Waals surface area contributed by atoms with Gasteiger partial charge >= 0.3 is 5.97 Å². The molecule has 1 saturated heterocycles. The highest BCUT2D eigenvalue weighted by atomic mass is 79.9. The maximum atomic E-state index is 11.8. The van der Waals surface area contributed by atoms with Crippen molar-refractivity contribution in [1.82, 2.24) is 0 Å². The predicted molar refractivity (Wildman–Crippen MR) is 150 cm³/mol. The summed E-state index contributed by atoms with van der Waals surface area (Å²) in [4.78, 5) is 11.8. The highest BCUT2D eigenvalue weighted by molar-refractivity contribution is 9.09. The molecule has 11 atom stereocenters. The zero-order chi connectivity index (χ0) is 26.1. The SMILES string of the molecule is CC[C@H](CC[C@@H](C)[C@H]1CCC2C3C[C@]4(CBr)O[C@]45C[C@@H](OC(C)=O)CC[C@]5(C)C3CC[C@@]21C)C(C)C. The van der Waals surface area contributed by atoms with Crippen LogP contribution in [0.1, 0.15) is 119 Å². The molecular weight excluding hydrogens is 512 g/mol. The maximum Gasteiger partial charge on any atom is 0.302 e. The molecule has 3 nitrogen and oxygen atoms in total. The average Bonchev–Trinajstić information content (AvgIpc) is 3.32. The van der Waals surface area contributed by atoms with Gasteiger partial charge < -0.3 is 9.47 Å². The number of halogens is 1. The Bertz CT molecular complexity index is 843. The van der Waals surface area contributed by atoms with Crippen molar-refractivity contribution in [3.8, 4) is 0 Å². The van der Waals surface area contributed by atoms with Crippen LogP contribution >= 0.6 is 15.9 Å². The van der Waals surface area contributed by atoms with Gasteiger partial charge in [-0.3, -0.25) is 4.79 Å². The number of carbonyl (C=O) groups is 1. The standard InChI is InChI=1S/C32H53BrO3/c1-8-23(20(2)3)10-9-21(4)26-11-12-27-25-18-31(19-33)32(36-31)17-24(35-22(5)34)13-16-30(32,7)28(25)14-15-29(26,27)6/h20-21,23-28H,8-19H2,1-7H3/t21-,23-,24+,25?,26-,27?,28?,29-,30-,31-,32+/m1/s1. The Balaban J connectivity index is 1.35. The lowest BCUT2D eigenvalue weighted by Gasteiger charge is -2.61. The van der Waals surface area contributed by atoms with Gasteiger partial charge in [-0.15, -0.1) is 0 Å². The number of hydrogen-bond donors (Lipinski definition) is 0. The molecule has 4 aliphatic carbocycles. The van der Waals surface area contributed by atoms with Gasteiger partial charge in [0.15, 0.2) is 0 Å². The number of ether oxygens (including phenoxy) is 2. The van der Waals surface area contributed by atoms with Crippen LogP contribution in [-0.4, -0.2) is 28.6 Å². The molecule has 5 aliphatic rings. The second-order valence-electron chi connectivity index (χ2n) is 14.7. The minimum Gasteiger partial charge on any atom is -0.462 e. The quantitative estimate of drug-likeness (QED) is 0.168. The Morgan fingerprint density at radius 2 is 1.78 bits per heavy atom. The van der Waals surface area contributed by atoms with Crippen LogP contribution in [0, 0.1) is 52.3 Å². The highest BCUT2D eigenvalue weighted by Crippen LogP contribution is 2.78. The number of esters is 1. The summed E-state index contributed by atoms with van der Waals surface area (Å²) in [6.07, 6.45) is 14.0. The first-order chi connectivity index (χ1) is 17.0. The second kappa shape index (κ2) is 9.53. The largest absolute Gasteiger partial charge is 0.462 e. The van der Waals surface area contributed by atoms with Crippen molar-refractivity contribution in [3.63, 3.8) is 0 Å². The molecule has 0 aromatic carbocycles. The lowest BCUT2D eigenvalue weighted by atomic mass is 9.42. The number of carbonyl (C=O) groups excluding carboxylic acids is 1. The lowest BCUT2D eigenvalue weighted by Crippen LogP contribution is -2.61. The van der Waals surface area contributed by atoms with E-state index in [0.29, 0.717) is 5.41 Å². The topological polar surface area (TPSA) is 38.8 Å². The van der Waals surface area contributed by atoms with E-state index in [0.717, 1.165) is 66.0 Å². The van der Waals surface area contributed by atoms with Crippen LogP contribution in [0.15, 0.2) is 0 Å². The first-order valence-corrected chi connectivity index (χ1v) is 16.5. The lowest BCUT2D eigenvalue weighted by molar-refractivity contribution is -0.158. The first kappa shape index (κ1) is 27.5. The number of epoxide rings is 1. The molecule has 4 heteroatoms. The Morgan fingerprint density at radius 1 is 1.03 bits per heavy atom. The molecule has 3 unspecified atom stereocenters. The van der Waals surface area contributed by atoms with E-state index < -0.39 is 0 Å². The minimum atomic E-state index is -0.142. The van der Waals surface area contributed by atoms with Crippen molar-refractivity contribution < 1.29 is 14.3 Å². The summed E-state index contributed by atoms with van der Waals surface area (Å²) < 4.78 is 12.7. The number of fused-ring (bicyclic) bond motifs is 4. The Kier molecular flexibility index (Phi) is 7.27. The van der Waals surface area contributed by atoms with Gasteiger partial charge in [0.2, 0.25) is 0 Å². The summed E-state index contributed by atoms with van der Waals surface area (Å²) in [5.74, 6) is 5.65. The van der Waals surface area contributed by atoms with Crippen molar-refractivity contribution in [2.24, 2.45) is 52.3 Å². The van der Waals surface area contributed by atoms with Crippen LogP contribution < -0.4 is 0 Å². The molecule has 206 valence electrons. The number of rotatable bonds is 8. The van der Waals surface area contributed by atoms with Crippen molar-refractivity contribution >= 4 is 21.9 Å². The summed E-state index contributed by atoms with van der Waals surface area (Å²) in [6, 6.07) is 0. The monoisotopic (exact) mass is 564 g/mol. The molecule has 0 bridgehead atoms. The third-order valence-electron chi connectivity index (χ3n) is 13.1. The van der Waals surface area contributed by atoms with Gasteiger partial charge in [0.25, 0.3) is 0 Å². The van der Waals surface area contributed by atoms with Crippen molar-refractivity contribution in [3.05, 3.63) is 0 Å². The molecule has 4 saturated carbocycles. The zero-order valence-electron chi connectivity index (χ0n) is 24.2. The molecule has 0 aromatic heterocycles. The van der Waals surface area contributed by atoms with Crippen molar-refractivity contribution in [2.75, 3.05) is 5.33 Å².